The van der Waals surface area contributed by atoms with Gasteiger partial charge >= 0.3 is 11.6 Å². The second kappa shape index (κ2) is 8.59. The fraction of sp³-hybridized carbons (Fsp3) is 0.304. The van der Waals surface area contributed by atoms with Gasteiger partial charge in [0.1, 0.15) is 12.1 Å². The van der Waals surface area contributed by atoms with Gasteiger partial charge in [-0.05, 0) is 50.1 Å². The SMILES string of the molecule is Cc1ccc(Oc2ncnc(N3CCN(c4cccc(C)c4C)CC3)c2[N+](=O)[O-])cc1. The van der Waals surface area contributed by atoms with Crippen molar-refractivity contribution < 1.29 is 9.66 Å². The summed E-state index contributed by atoms with van der Waals surface area (Å²) in [6.07, 6.45) is 1.32. The van der Waals surface area contributed by atoms with Crippen LogP contribution in [0, 0.1) is 30.9 Å². The smallest absolute Gasteiger partial charge is 0.373 e. The topological polar surface area (TPSA) is 84.6 Å². The first-order chi connectivity index (χ1) is 14.9. The Morgan fingerprint density at radius 2 is 1.61 bits per heavy atom. The maximum atomic E-state index is 11.9. The Bertz CT molecular complexity index is 1090. The summed E-state index contributed by atoms with van der Waals surface area (Å²) in [5, 5.41) is 11.9. The average molecular weight is 419 g/mol. The first-order valence-electron chi connectivity index (χ1n) is 10.2. The van der Waals surface area contributed by atoms with E-state index in [0.717, 1.165) is 18.7 Å². The molecule has 0 aliphatic carbocycles. The summed E-state index contributed by atoms with van der Waals surface area (Å²) in [7, 11) is 0. The molecule has 31 heavy (non-hydrogen) atoms. The molecule has 8 heteroatoms. The number of piperazine rings is 1. The zero-order valence-corrected chi connectivity index (χ0v) is 17.9. The number of anilines is 2. The minimum absolute atomic E-state index is 0.0455. The number of hydrogen-bond acceptors (Lipinski definition) is 7. The lowest BCUT2D eigenvalue weighted by Gasteiger charge is -2.37. The number of nitro groups is 1. The highest BCUT2D eigenvalue weighted by Crippen LogP contribution is 2.36. The van der Waals surface area contributed by atoms with Gasteiger partial charge in [-0.3, -0.25) is 10.1 Å². The summed E-state index contributed by atoms with van der Waals surface area (Å²) >= 11 is 0. The molecule has 0 amide bonds. The first-order valence-corrected chi connectivity index (χ1v) is 10.2. The zero-order valence-electron chi connectivity index (χ0n) is 17.9. The van der Waals surface area contributed by atoms with Crippen molar-refractivity contribution in [1.82, 2.24) is 9.97 Å². The van der Waals surface area contributed by atoms with Crippen LogP contribution in [0.15, 0.2) is 48.8 Å². The lowest BCUT2D eigenvalue weighted by Crippen LogP contribution is -2.47. The molecule has 2 aromatic carbocycles. The Labute approximate surface area is 181 Å². The molecule has 0 atom stereocenters. The number of aromatic nitrogens is 2. The molecule has 0 unspecified atom stereocenters. The average Bonchev–Trinajstić information content (AvgIpc) is 2.77. The molecule has 0 spiro atoms. The molecule has 1 aliphatic rings. The third kappa shape index (κ3) is 4.28. The van der Waals surface area contributed by atoms with Crippen molar-refractivity contribution in [3.63, 3.8) is 0 Å². The Kier molecular flexibility index (Phi) is 5.70. The molecule has 0 radical (unpaired) electrons. The van der Waals surface area contributed by atoms with Crippen molar-refractivity contribution >= 4 is 17.2 Å². The molecule has 1 saturated heterocycles. The molecule has 1 aliphatic heterocycles. The number of rotatable bonds is 5. The van der Waals surface area contributed by atoms with Gasteiger partial charge in [0.05, 0.1) is 4.92 Å². The van der Waals surface area contributed by atoms with E-state index < -0.39 is 4.92 Å². The van der Waals surface area contributed by atoms with Crippen molar-refractivity contribution in [2.45, 2.75) is 20.8 Å². The highest BCUT2D eigenvalue weighted by atomic mass is 16.6. The van der Waals surface area contributed by atoms with Gasteiger partial charge in [-0.1, -0.05) is 29.8 Å². The Morgan fingerprint density at radius 1 is 0.935 bits per heavy atom. The van der Waals surface area contributed by atoms with Crippen molar-refractivity contribution in [2.75, 3.05) is 36.0 Å². The van der Waals surface area contributed by atoms with E-state index in [-0.39, 0.29) is 11.6 Å². The van der Waals surface area contributed by atoms with Crippen LogP contribution in [0.1, 0.15) is 16.7 Å². The van der Waals surface area contributed by atoms with Gasteiger partial charge in [-0.15, -0.1) is 0 Å². The normalized spacial score (nSPS) is 13.9. The second-order valence-electron chi connectivity index (χ2n) is 7.72. The quantitative estimate of drug-likeness (QED) is 0.447. The highest BCUT2D eigenvalue weighted by Gasteiger charge is 2.31. The standard InChI is InChI=1S/C23H25N5O3/c1-16-7-9-19(10-8-16)31-23-21(28(29)30)22(24-15-25-23)27-13-11-26(12-14-27)20-6-4-5-17(2)18(20)3/h4-10,15H,11-14H2,1-3H3. The largest absolute Gasteiger partial charge is 0.434 e. The summed E-state index contributed by atoms with van der Waals surface area (Å²) in [4.78, 5) is 24.0. The van der Waals surface area contributed by atoms with E-state index in [1.807, 2.05) is 24.0 Å². The van der Waals surface area contributed by atoms with Crippen LogP contribution in [-0.4, -0.2) is 41.1 Å². The molecule has 3 aromatic rings. The van der Waals surface area contributed by atoms with Crippen molar-refractivity contribution in [2.24, 2.45) is 0 Å². The maximum absolute atomic E-state index is 11.9. The van der Waals surface area contributed by atoms with E-state index in [1.54, 1.807) is 12.1 Å². The Morgan fingerprint density at radius 3 is 2.29 bits per heavy atom. The maximum Gasteiger partial charge on any atom is 0.373 e. The summed E-state index contributed by atoms with van der Waals surface area (Å²) in [5.74, 6) is 0.747. The zero-order chi connectivity index (χ0) is 22.0. The third-order valence-corrected chi connectivity index (χ3v) is 5.68. The van der Waals surface area contributed by atoms with Crippen LogP contribution in [0.3, 0.4) is 0 Å². The minimum Gasteiger partial charge on any atom is -0.434 e. The first kappa shape index (κ1) is 20.6. The summed E-state index contributed by atoms with van der Waals surface area (Å²) in [6.45, 7) is 8.94. The predicted molar refractivity (Wildman–Crippen MR) is 120 cm³/mol. The van der Waals surface area contributed by atoms with Gasteiger partial charge in [0.25, 0.3) is 0 Å². The molecule has 0 N–H and O–H groups in total. The Balaban J connectivity index is 1.56. The van der Waals surface area contributed by atoms with Crippen LogP contribution in [0.2, 0.25) is 0 Å². The fourth-order valence-electron chi connectivity index (χ4n) is 3.78. The fourth-order valence-corrected chi connectivity index (χ4v) is 3.78. The number of ether oxygens (including phenoxy) is 1. The molecular formula is C23H25N5O3. The Hall–Kier alpha value is -3.68. The van der Waals surface area contributed by atoms with Gasteiger partial charge in [0, 0.05) is 31.9 Å². The van der Waals surface area contributed by atoms with Crippen LogP contribution in [-0.2, 0) is 0 Å². The number of nitrogens with zero attached hydrogens (tertiary/aromatic N) is 5. The lowest BCUT2D eigenvalue weighted by molar-refractivity contribution is -0.385. The molecule has 1 fully saturated rings. The molecule has 4 rings (SSSR count). The summed E-state index contributed by atoms with van der Waals surface area (Å²) in [6, 6.07) is 13.6. The molecule has 1 aromatic heterocycles. The van der Waals surface area contributed by atoms with Crippen molar-refractivity contribution in [1.29, 1.82) is 0 Å². The van der Waals surface area contributed by atoms with E-state index in [0.29, 0.717) is 24.7 Å². The number of aryl methyl sites for hydroxylation is 2. The predicted octanol–water partition coefficient (Wildman–Crippen LogP) is 4.43. The highest BCUT2D eigenvalue weighted by molar-refractivity contribution is 5.65. The van der Waals surface area contributed by atoms with Crippen LogP contribution >= 0.6 is 0 Å². The van der Waals surface area contributed by atoms with Gasteiger partial charge in [-0.2, -0.15) is 4.98 Å². The van der Waals surface area contributed by atoms with E-state index in [9.17, 15) is 10.1 Å². The third-order valence-electron chi connectivity index (χ3n) is 5.68. The molecule has 160 valence electrons. The van der Waals surface area contributed by atoms with Gasteiger partial charge in [-0.25, -0.2) is 4.98 Å². The lowest BCUT2D eigenvalue weighted by atomic mass is 10.1. The number of hydrogen-bond donors (Lipinski definition) is 0. The van der Waals surface area contributed by atoms with Gasteiger partial charge in [0.15, 0.2) is 0 Å². The second-order valence-corrected chi connectivity index (χ2v) is 7.72. The van der Waals surface area contributed by atoms with E-state index in [2.05, 4.69) is 46.9 Å². The van der Waals surface area contributed by atoms with E-state index in [1.165, 1.54) is 23.1 Å². The molecule has 8 nitrogen and oxygen atoms in total. The summed E-state index contributed by atoms with van der Waals surface area (Å²) < 4.78 is 5.75. The van der Waals surface area contributed by atoms with Crippen molar-refractivity contribution in [3.8, 4) is 11.6 Å². The summed E-state index contributed by atoms with van der Waals surface area (Å²) in [5.41, 5.74) is 4.59. The molecule has 0 saturated carbocycles. The van der Waals surface area contributed by atoms with Crippen LogP contribution in [0.4, 0.5) is 17.2 Å². The minimum atomic E-state index is -0.462. The van der Waals surface area contributed by atoms with Crippen LogP contribution in [0.5, 0.6) is 11.6 Å². The van der Waals surface area contributed by atoms with Gasteiger partial charge < -0.3 is 14.5 Å². The van der Waals surface area contributed by atoms with Crippen molar-refractivity contribution in [3.05, 3.63) is 75.6 Å². The molecular weight excluding hydrogens is 394 g/mol. The van der Waals surface area contributed by atoms with E-state index in [4.69, 9.17) is 4.74 Å². The van der Waals surface area contributed by atoms with E-state index >= 15 is 0 Å². The monoisotopic (exact) mass is 419 g/mol. The molecule has 2 heterocycles. The van der Waals surface area contributed by atoms with Crippen LogP contribution in [0.25, 0.3) is 0 Å². The number of benzene rings is 2. The van der Waals surface area contributed by atoms with Gasteiger partial charge in [0.2, 0.25) is 5.82 Å². The molecule has 0 bridgehead atoms. The van der Waals surface area contributed by atoms with Crippen LogP contribution < -0.4 is 14.5 Å².